The number of rotatable bonds is 4. The molecule has 0 amide bonds. The average Bonchev–Trinajstić information content (AvgIpc) is 2.45. The molecule has 1 nitrogen and oxygen atoms in total. The summed E-state index contributed by atoms with van der Waals surface area (Å²) in [5, 5.41) is 8.50. The topological polar surface area (TPSA) is 20.2 Å². The molecule has 0 aromatic heterocycles. The molecule has 0 aliphatic carbocycles. The highest BCUT2D eigenvalue weighted by Crippen LogP contribution is 2.39. The van der Waals surface area contributed by atoms with E-state index in [2.05, 4.69) is 0 Å². The van der Waals surface area contributed by atoms with Crippen LogP contribution in [0.3, 0.4) is 0 Å². The smallest absolute Gasteiger partial charge is 0.396 e. The Kier molecular flexibility index (Phi) is 4.91. The quantitative estimate of drug-likeness (QED) is 0.846. The molecule has 21 heavy (non-hydrogen) atoms. The molecule has 0 atom stereocenters. The second kappa shape index (κ2) is 6.50. The first-order valence-electron chi connectivity index (χ1n) is 6.49. The van der Waals surface area contributed by atoms with Gasteiger partial charge in [0.15, 0.2) is 0 Å². The average molecular weight is 315 g/mol. The molecular weight excluding hydrogens is 301 g/mol. The van der Waals surface area contributed by atoms with Crippen molar-refractivity contribution in [2.45, 2.75) is 19.0 Å². The van der Waals surface area contributed by atoms with Crippen LogP contribution in [0, 0.1) is 0 Å². The zero-order valence-corrected chi connectivity index (χ0v) is 11.9. The van der Waals surface area contributed by atoms with Gasteiger partial charge in [-0.05, 0) is 30.0 Å². The van der Waals surface area contributed by atoms with E-state index in [1.165, 1.54) is 6.07 Å². The Morgan fingerprint density at radius 1 is 1.00 bits per heavy atom. The summed E-state index contributed by atoms with van der Waals surface area (Å²) in [5.41, 5.74) is 1.20. The van der Waals surface area contributed by atoms with E-state index in [4.69, 9.17) is 16.7 Å². The molecule has 5 heteroatoms. The lowest BCUT2D eigenvalue weighted by Gasteiger charge is -2.12. The van der Waals surface area contributed by atoms with Crippen molar-refractivity contribution in [1.29, 1.82) is 0 Å². The third kappa shape index (κ3) is 3.77. The van der Waals surface area contributed by atoms with E-state index in [0.717, 1.165) is 18.1 Å². The number of benzene rings is 2. The highest BCUT2D eigenvalue weighted by atomic mass is 35.5. The molecule has 0 aliphatic heterocycles. The first kappa shape index (κ1) is 15.9. The lowest BCUT2D eigenvalue weighted by molar-refractivity contribution is -0.137. The molecular formula is C16H14ClF3O. The van der Waals surface area contributed by atoms with Gasteiger partial charge in [0.05, 0.1) is 10.6 Å². The van der Waals surface area contributed by atoms with Crippen LogP contribution in [0.5, 0.6) is 0 Å². The molecule has 0 fully saturated rings. The summed E-state index contributed by atoms with van der Waals surface area (Å²) in [5.74, 6) is 0. The second-order valence-electron chi connectivity index (χ2n) is 4.69. The van der Waals surface area contributed by atoms with Gasteiger partial charge in [0.1, 0.15) is 0 Å². The van der Waals surface area contributed by atoms with E-state index in [9.17, 15) is 13.2 Å². The molecule has 0 saturated carbocycles. The first-order chi connectivity index (χ1) is 9.93. The zero-order chi connectivity index (χ0) is 15.5. The van der Waals surface area contributed by atoms with Crippen LogP contribution < -0.4 is 0 Å². The Bertz CT molecular complexity index is 606. The van der Waals surface area contributed by atoms with Crippen molar-refractivity contribution in [2.75, 3.05) is 6.61 Å². The van der Waals surface area contributed by atoms with Gasteiger partial charge in [0.2, 0.25) is 0 Å². The van der Waals surface area contributed by atoms with Gasteiger partial charge in [-0.3, -0.25) is 0 Å². The third-order valence-electron chi connectivity index (χ3n) is 3.19. The molecule has 0 aliphatic rings. The monoisotopic (exact) mass is 314 g/mol. The summed E-state index contributed by atoms with van der Waals surface area (Å²) >= 11 is 5.90. The maximum absolute atomic E-state index is 12.8. The summed E-state index contributed by atoms with van der Waals surface area (Å²) in [7, 11) is 0. The predicted molar refractivity (Wildman–Crippen MR) is 77.3 cm³/mol. The predicted octanol–water partition coefficient (Wildman–Crippen LogP) is 4.95. The molecule has 1 N–H and O–H groups in total. The Morgan fingerprint density at radius 2 is 1.67 bits per heavy atom. The summed E-state index contributed by atoms with van der Waals surface area (Å²) in [4.78, 5) is 0. The molecule has 112 valence electrons. The molecule has 2 aromatic rings. The molecule has 0 radical (unpaired) electrons. The van der Waals surface area contributed by atoms with Crippen molar-refractivity contribution >= 4 is 11.6 Å². The maximum atomic E-state index is 12.8. The number of hydrogen-bond donors (Lipinski definition) is 1. The van der Waals surface area contributed by atoms with Crippen molar-refractivity contribution in [3.8, 4) is 11.1 Å². The van der Waals surface area contributed by atoms with Gasteiger partial charge in [0, 0.05) is 12.2 Å². The number of aliphatic hydroxyl groups is 1. The minimum atomic E-state index is -4.46. The van der Waals surface area contributed by atoms with Gasteiger partial charge in [-0.1, -0.05) is 48.0 Å². The fraction of sp³-hybridized carbons (Fsp3) is 0.250. The number of aryl methyl sites for hydroxylation is 1. The van der Waals surface area contributed by atoms with E-state index in [0.29, 0.717) is 17.5 Å². The van der Waals surface area contributed by atoms with Crippen LogP contribution in [0.4, 0.5) is 13.2 Å². The summed E-state index contributed by atoms with van der Waals surface area (Å²) in [6.07, 6.45) is -3.08. The van der Waals surface area contributed by atoms with Crippen molar-refractivity contribution in [3.63, 3.8) is 0 Å². The summed E-state index contributed by atoms with van der Waals surface area (Å²) in [6.45, 7) is 0.112. The SMILES string of the molecule is OCCCc1ccc(-c2cccc(C(F)(F)F)c2Cl)cc1. The van der Waals surface area contributed by atoms with Crippen molar-refractivity contribution in [3.05, 3.63) is 58.6 Å². The van der Waals surface area contributed by atoms with Crippen LogP contribution in [0.25, 0.3) is 11.1 Å². The maximum Gasteiger partial charge on any atom is 0.417 e. The van der Waals surface area contributed by atoms with E-state index in [1.54, 1.807) is 18.2 Å². The number of aliphatic hydroxyl groups excluding tert-OH is 1. The number of halogens is 4. The fourth-order valence-electron chi connectivity index (χ4n) is 2.11. The lowest BCUT2D eigenvalue weighted by atomic mass is 10.00. The number of hydrogen-bond acceptors (Lipinski definition) is 1. The summed E-state index contributed by atoms with van der Waals surface area (Å²) < 4.78 is 38.5. The van der Waals surface area contributed by atoms with Crippen LogP contribution in [-0.4, -0.2) is 11.7 Å². The Balaban J connectivity index is 2.34. The Labute approximate surface area is 126 Å². The lowest BCUT2D eigenvalue weighted by Crippen LogP contribution is -2.06. The standard InChI is InChI=1S/C16H14ClF3O/c17-15-13(4-1-5-14(15)16(18,19)20)12-8-6-11(7-9-12)3-2-10-21/h1,4-9,21H,2-3,10H2. The highest BCUT2D eigenvalue weighted by molar-refractivity contribution is 6.34. The van der Waals surface area contributed by atoms with E-state index < -0.39 is 11.7 Å². The first-order valence-corrected chi connectivity index (χ1v) is 6.87. The molecule has 0 heterocycles. The van der Waals surface area contributed by atoms with Crippen molar-refractivity contribution < 1.29 is 18.3 Å². The minimum Gasteiger partial charge on any atom is -0.396 e. The highest BCUT2D eigenvalue weighted by Gasteiger charge is 2.33. The second-order valence-corrected chi connectivity index (χ2v) is 5.07. The van der Waals surface area contributed by atoms with Crippen molar-refractivity contribution in [1.82, 2.24) is 0 Å². The normalized spacial score (nSPS) is 11.7. The van der Waals surface area contributed by atoms with E-state index >= 15 is 0 Å². The molecule has 0 bridgehead atoms. The van der Waals surface area contributed by atoms with Gasteiger partial charge in [-0.15, -0.1) is 0 Å². The Hall–Kier alpha value is -1.52. The van der Waals surface area contributed by atoms with Crippen LogP contribution in [0.2, 0.25) is 5.02 Å². The van der Waals surface area contributed by atoms with Gasteiger partial charge in [-0.2, -0.15) is 13.2 Å². The van der Waals surface area contributed by atoms with Crippen LogP contribution in [0.1, 0.15) is 17.5 Å². The zero-order valence-electron chi connectivity index (χ0n) is 11.1. The van der Waals surface area contributed by atoms with Crippen LogP contribution in [0.15, 0.2) is 42.5 Å². The van der Waals surface area contributed by atoms with Gasteiger partial charge < -0.3 is 5.11 Å². The van der Waals surface area contributed by atoms with Crippen molar-refractivity contribution in [2.24, 2.45) is 0 Å². The molecule has 0 unspecified atom stereocenters. The molecule has 0 saturated heterocycles. The molecule has 2 aromatic carbocycles. The number of alkyl halides is 3. The van der Waals surface area contributed by atoms with Crippen LogP contribution in [-0.2, 0) is 12.6 Å². The van der Waals surface area contributed by atoms with E-state index in [-0.39, 0.29) is 11.6 Å². The van der Waals surface area contributed by atoms with Gasteiger partial charge in [0.25, 0.3) is 0 Å². The Morgan fingerprint density at radius 3 is 2.24 bits per heavy atom. The third-order valence-corrected chi connectivity index (χ3v) is 3.60. The van der Waals surface area contributed by atoms with Gasteiger partial charge in [-0.25, -0.2) is 0 Å². The largest absolute Gasteiger partial charge is 0.417 e. The fourth-order valence-corrected chi connectivity index (χ4v) is 2.45. The minimum absolute atomic E-state index is 0.112. The molecule has 2 rings (SSSR count). The van der Waals surface area contributed by atoms with E-state index in [1.807, 2.05) is 12.1 Å². The summed E-state index contributed by atoms with van der Waals surface area (Å²) in [6, 6.07) is 11.1. The molecule has 0 spiro atoms. The van der Waals surface area contributed by atoms with Crippen LogP contribution >= 0.6 is 11.6 Å². The van der Waals surface area contributed by atoms with Gasteiger partial charge >= 0.3 is 6.18 Å².